The van der Waals surface area contributed by atoms with E-state index < -0.39 is 10.2 Å². The monoisotopic (exact) mass is 361 g/mol. The molecule has 0 saturated carbocycles. The van der Waals surface area contributed by atoms with Gasteiger partial charge in [0.05, 0.1) is 0 Å². The van der Waals surface area contributed by atoms with Crippen molar-refractivity contribution in [2.24, 2.45) is 0 Å². The molecule has 0 N–H and O–H groups in total. The quantitative estimate of drug-likeness (QED) is 0.822. The lowest BCUT2D eigenvalue weighted by molar-refractivity contribution is 0.355. The minimum Gasteiger partial charge on any atom is -0.369 e. The molecule has 0 amide bonds. The Morgan fingerprint density at radius 2 is 1.75 bits per heavy atom. The number of rotatable bonds is 3. The van der Waals surface area contributed by atoms with E-state index in [1.165, 1.54) is 19.9 Å². The SMILES string of the molecule is Cc1cc(Br)ccc1N1CCN(S(=O)(=O)N(C)C)CC1. The molecule has 112 valence electrons. The Morgan fingerprint density at radius 3 is 2.25 bits per heavy atom. The molecule has 5 nitrogen and oxygen atoms in total. The van der Waals surface area contributed by atoms with Crippen molar-refractivity contribution < 1.29 is 8.42 Å². The van der Waals surface area contributed by atoms with Crippen LogP contribution in [0.2, 0.25) is 0 Å². The molecule has 1 fully saturated rings. The van der Waals surface area contributed by atoms with Gasteiger partial charge in [0.2, 0.25) is 0 Å². The summed E-state index contributed by atoms with van der Waals surface area (Å²) in [6.07, 6.45) is 0. The first-order chi connectivity index (χ1) is 9.32. The minimum atomic E-state index is -3.29. The van der Waals surface area contributed by atoms with Gasteiger partial charge in [0.25, 0.3) is 10.2 Å². The third-order valence-corrected chi connectivity index (χ3v) is 5.96. The number of hydrogen-bond acceptors (Lipinski definition) is 3. The van der Waals surface area contributed by atoms with Crippen molar-refractivity contribution in [1.29, 1.82) is 0 Å². The van der Waals surface area contributed by atoms with E-state index in [2.05, 4.69) is 39.9 Å². The van der Waals surface area contributed by atoms with Crippen LogP contribution in [0.5, 0.6) is 0 Å². The Hall–Kier alpha value is -0.630. The number of piperazine rings is 1. The second-order valence-electron chi connectivity index (χ2n) is 5.11. The topological polar surface area (TPSA) is 43.9 Å². The summed E-state index contributed by atoms with van der Waals surface area (Å²) in [7, 11) is -0.150. The fraction of sp³-hybridized carbons (Fsp3) is 0.538. The van der Waals surface area contributed by atoms with Crippen LogP contribution in [0.3, 0.4) is 0 Å². The normalized spacial score (nSPS) is 17.8. The Kier molecular flexibility index (Phi) is 4.73. The molecule has 1 aliphatic rings. The zero-order chi connectivity index (χ0) is 14.9. The fourth-order valence-corrected chi connectivity index (χ4v) is 3.93. The number of anilines is 1. The highest BCUT2D eigenvalue weighted by Gasteiger charge is 2.28. The standard InChI is InChI=1S/C13H20BrN3O2S/c1-11-10-12(14)4-5-13(11)16-6-8-17(9-7-16)20(18,19)15(2)3/h4-5,10H,6-9H2,1-3H3. The maximum atomic E-state index is 12.1. The summed E-state index contributed by atoms with van der Waals surface area (Å²) >= 11 is 3.46. The van der Waals surface area contributed by atoms with Crippen LogP contribution in [0.1, 0.15) is 5.56 Å². The van der Waals surface area contributed by atoms with Crippen molar-refractivity contribution in [3.8, 4) is 0 Å². The van der Waals surface area contributed by atoms with Crippen molar-refractivity contribution in [3.63, 3.8) is 0 Å². The molecule has 0 spiro atoms. The molecule has 1 aliphatic heterocycles. The summed E-state index contributed by atoms with van der Waals surface area (Å²) in [5.41, 5.74) is 2.37. The van der Waals surface area contributed by atoms with Gasteiger partial charge in [-0.05, 0) is 30.7 Å². The Labute approximate surface area is 129 Å². The highest BCUT2D eigenvalue weighted by Crippen LogP contribution is 2.25. The lowest BCUT2D eigenvalue weighted by atomic mass is 10.1. The summed E-state index contributed by atoms with van der Waals surface area (Å²) in [6, 6.07) is 6.18. The zero-order valence-corrected chi connectivity index (χ0v) is 14.4. The largest absolute Gasteiger partial charge is 0.369 e. The van der Waals surface area contributed by atoms with E-state index in [1.54, 1.807) is 14.1 Å². The first-order valence-electron chi connectivity index (χ1n) is 6.51. The average Bonchev–Trinajstić information content (AvgIpc) is 2.38. The van der Waals surface area contributed by atoms with Crippen LogP contribution >= 0.6 is 15.9 Å². The van der Waals surface area contributed by atoms with E-state index in [1.807, 2.05) is 6.07 Å². The van der Waals surface area contributed by atoms with E-state index >= 15 is 0 Å². The van der Waals surface area contributed by atoms with E-state index in [0.717, 1.165) is 17.6 Å². The molecular weight excluding hydrogens is 342 g/mol. The molecule has 1 aromatic rings. The van der Waals surface area contributed by atoms with Gasteiger partial charge in [0.1, 0.15) is 0 Å². The molecule has 2 rings (SSSR count). The van der Waals surface area contributed by atoms with Crippen molar-refractivity contribution in [2.75, 3.05) is 45.2 Å². The van der Waals surface area contributed by atoms with Crippen LogP contribution in [0.15, 0.2) is 22.7 Å². The number of hydrogen-bond donors (Lipinski definition) is 0. The molecule has 20 heavy (non-hydrogen) atoms. The highest BCUT2D eigenvalue weighted by molar-refractivity contribution is 9.10. The molecule has 0 bridgehead atoms. The van der Waals surface area contributed by atoms with Gasteiger partial charge < -0.3 is 4.90 Å². The molecule has 1 aromatic carbocycles. The van der Waals surface area contributed by atoms with Crippen LogP contribution in [-0.2, 0) is 10.2 Å². The van der Waals surface area contributed by atoms with Crippen molar-refractivity contribution >= 4 is 31.8 Å². The van der Waals surface area contributed by atoms with Gasteiger partial charge in [-0.15, -0.1) is 0 Å². The van der Waals surface area contributed by atoms with Crippen LogP contribution in [0.4, 0.5) is 5.69 Å². The summed E-state index contributed by atoms with van der Waals surface area (Å²) in [5.74, 6) is 0. The molecular formula is C13H20BrN3O2S. The van der Waals surface area contributed by atoms with Gasteiger partial charge in [-0.1, -0.05) is 15.9 Å². The minimum absolute atomic E-state index is 0.524. The molecule has 0 radical (unpaired) electrons. The highest BCUT2D eigenvalue weighted by atomic mass is 79.9. The number of benzene rings is 1. The van der Waals surface area contributed by atoms with Crippen molar-refractivity contribution in [3.05, 3.63) is 28.2 Å². The van der Waals surface area contributed by atoms with Crippen LogP contribution in [-0.4, -0.2) is 57.3 Å². The smallest absolute Gasteiger partial charge is 0.281 e. The Balaban J connectivity index is 2.08. The molecule has 7 heteroatoms. The van der Waals surface area contributed by atoms with E-state index in [4.69, 9.17) is 0 Å². The molecule has 0 aromatic heterocycles. The fourth-order valence-electron chi connectivity index (χ4n) is 2.36. The van der Waals surface area contributed by atoms with Crippen LogP contribution in [0.25, 0.3) is 0 Å². The predicted octanol–water partition coefficient (Wildman–Crippen LogP) is 1.69. The van der Waals surface area contributed by atoms with Gasteiger partial charge in [0, 0.05) is 50.4 Å². The first kappa shape index (κ1) is 15.8. The zero-order valence-electron chi connectivity index (χ0n) is 12.0. The number of nitrogens with zero attached hydrogens (tertiary/aromatic N) is 3. The third-order valence-electron chi connectivity index (χ3n) is 3.53. The van der Waals surface area contributed by atoms with Gasteiger partial charge in [-0.3, -0.25) is 0 Å². The summed E-state index contributed by atoms with van der Waals surface area (Å²) in [4.78, 5) is 2.24. The first-order valence-corrected chi connectivity index (χ1v) is 8.70. The molecule has 0 atom stereocenters. The van der Waals surface area contributed by atoms with E-state index in [-0.39, 0.29) is 0 Å². The van der Waals surface area contributed by atoms with Crippen molar-refractivity contribution in [1.82, 2.24) is 8.61 Å². The summed E-state index contributed by atoms with van der Waals surface area (Å²) in [5, 5.41) is 0. The number of halogens is 1. The molecule has 1 heterocycles. The maximum absolute atomic E-state index is 12.1. The van der Waals surface area contributed by atoms with Crippen LogP contribution < -0.4 is 4.90 Å². The molecule has 1 saturated heterocycles. The Morgan fingerprint density at radius 1 is 1.15 bits per heavy atom. The second-order valence-corrected chi connectivity index (χ2v) is 8.17. The summed E-state index contributed by atoms with van der Waals surface area (Å²) < 4.78 is 28.0. The number of aryl methyl sites for hydroxylation is 1. The van der Waals surface area contributed by atoms with Gasteiger partial charge in [-0.2, -0.15) is 17.0 Å². The molecule has 0 unspecified atom stereocenters. The van der Waals surface area contributed by atoms with Gasteiger partial charge in [-0.25, -0.2) is 0 Å². The molecule has 0 aliphatic carbocycles. The average molecular weight is 362 g/mol. The lowest BCUT2D eigenvalue weighted by Gasteiger charge is -2.37. The van der Waals surface area contributed by atoms with Crippen LogP contribution in [0, 0.1) is 6.92 Å². The van der Waals surface area contributed by atoms with Gasteiger partial charge >= 0.3 is 0 Å². The van der Waals surface area contributed by atoms with E-state index in [0.29, 0.717) is 13.1 Å². The Bertz CT molecular complexity index is 581. The second kappa shape index (κ2) is 6.01. The summed E-state index contributed by atoms with van der Waals surface area (Å²) in [6.45, 7) is 4.56. The lowest BCUT2D eigenvalue weighted by Crippen LogP contribution is -2.51. The van der Waals surface area contributed by atoms with E-state index in [9.17, 15) is 8.42 Å². The third kappa shape index (κ3) is 3.16. The maximum Gasteiger partial charge on any atom is 0.281 e. The van der Waals surface area contributed by atoms with Crippen molar-refractivity contribution in [2.45, 2.75) is 6.92 Å². The van der Waals surface area contributed by atoms with Gasteiger partial charge in [0.15, 0.2) is 0 Å². The predicted molar refractivity (Wildman–Crippen MR) is 85.3 cm³/mol.